The van der Waals surface area contributed by atoms with E-state index in [9.17, 15) is 9.90 Å². The summed E-state index contributed by atoms with van der Waals surface area (Å²) in [7, 11) is 1.87. The van der Waals surface area contributed by atoms with E-state index in [1.54, 1.807) is 6.20 Å². The maximum absolute atomic E-state index is 11.4. The largest absolute Gasteiger partial charge is 0.489 e. The maximum atomic E-state index is 11.4. The van der Waals surface area contributed by atoms with Gasteiger partial charge in [-0.2, -0.15) is 0 Å². The Balaban J connectivity index is 1.38. The number of aromatic nitrogens is 2. The van der Waals surface area contributed by atoms with Crippen molar-refractivity contribution in [1.82, 2.24) is 9.55 Å². The summed E-state index contributed by atoms with van der Waals surface area (Å²) >= 11 is 0. The van der Waals surface area contributed by atoms with Gasteiger partial charge in [0.2, 0.25) is 0 Å². The molecule has 0 saturated carbocycles. The topological polar surface area (TPSA) is 73.6 Å². The molecule has 1 atom stereocenters. The molecular formula is C26H24N2O4. The van der Waals surface area contributed by atoms with Crippen LogP contribution in [0, 0.1) is 0 Å². The van der Waals surface area contributed by atoms with Gasteiger partial charge >= 0.3 is 5.97 Å². The molecule has 3 aromatic carbocycles. The van der Waals surface area contributed by atoms with Crippen LogP contribution < -0.4 is 9.47 Å². The third kappa shape index (κ3) is 5.35. The standard InChI is InChI=1S/C26H24N2O4/c1-28-16-15-27-26(28)24(17-25(29)30)20-9-13-21(14-10-20)31-18-19-7-11-23(12-8-19)32-22-5-3-2-4-6-22/h2-16,24H,17-18H2,1H3,(H,29,30). The fourth-order valence-corrected chi connectivity index (χ4v) is 3.49. The number of aryl methyl sites for hydroxylation is 1. The molecule has 4 aromatic rings. The lowest BCUT2D eigenvalue weighted by atomic mass is 9.94. The van der Waals surface area contributed by atoms with Crippen molar-refractivity contribution in [3.63, 3.8) is 0 Å². The van der Waals surface area contributed by atoms with E-state index in [0.717, 1.165) is 28.5 Å². The van der Waals surface area contributed by atoms with Crippen molar-refractivity contribution < 1.29 is 19.4 Å². The Morgan fingerprint density at radius 2 is 1.59 bits per heavy atom. The van der Waals surface area contributed by atoms with Crippen molar-refractivity contribution in [3.8, 4) is 17.2 Å². The van der Waals surface area contributed by atoms with Gasteiger partial charge in [0.1, 0.15) is 29.7 Å². The zero-order chi connectivity index (χ0) is 22.3. The summed E-state index contributed by atoms with van der Waals surface area (Å²) in [5.41, 5.74) is 1.91. The molecule has 6 heteroatoms. The Morgan fingerprint density at radius 1 is 0.938 bits per heavy atom. The molecule has 1 unspecified atom stereocenters. The summed E-state index contributed by atoms with van der Waals surface area (Å²) in [6.45, 7) is 0.420. The molecule has 0 fully saturated rings. The summed E-state index contributed by atoms with van der Waals surface area (Å²) in [6.07, 6.45) is 3.47. The average molecular weight is 428 g/mol. The van der Waals surface area contributed by atoms with Gasteiger partial charge in [-0.25, -0.2) is 4.98 Å². The highest BCUT2D eigenvalue weighted by atomic mass is 16.5. The van der Waals surface area contributed by atoms with Crippen LogP contribution >= 0.6 is 0 Å². The van der Waals surface area contributed by atoms with Crippen molar-refractivity contribution in [3.05, 3.63) is 108 Å². The Morgan fingerprint density at radius 3 is 2.22 bits per heavy atom. The van der Waals surface area contributed by atoms with Gasteiger partial charge in [-0.3, -0.25) is 4.79 Å². The van der Waals surface area contributed by atoms with Gasteiger partial charge in [-0.1, -0.05) is 42.5 Å². The number of para-hydroxylation sites is 1. The molecule has 0 aliphatic rings. The second-order valence-electron chi connectivity index (χ2n) is 7.46. The Bertz CT molecular complexity index is 1150. The number of benzene rings is 3. The molecule has 4 rings (SSSR count). The van der Waals surface area contributed by atoms with Crippen LogP contribution in [-0.2, 0) is 18.4 Å². The first-order valence-electron chi connectivity index (χ1n) is 10.3. The highest BCUT2D eigenvalue weighted by Gasteiger charge is 2.21. The molecule has 1 N–H and O–H groups in total. The number of hydrogen-bond acceptors (Lipinski definition) is 4. The van der Waals surface area contributed by atoms with Crippen LogP contribution in [0.5, 0.6) is 17.2 Å². The van der Waals surface area contributed by atoms with Crippen molar-refractivity contribution in [2.75, 3.05) is 0 Å². The first-order valence-corrected chi connectivity index (χ1v) is 10.3. The number of carboxylic acids is 1. The number of hydrogen-bond donors (Lipinski definition) is 1. The lowest BCUT2D eigenvalue weighted by Crippen LogP contribution is -2.12. The number of carboxylic acid groups (broad SMARTS) is 1. The fraction of sp³-hybridized carbons (Fsp3) is 0.154. The lowest BCUT2D eigenvalue weighted by Gasteiger charge is -2.16. The van der Waals surface area contributed by atoms with Crippen LogP contribution in [0.4, 0.5) is 0 Å². The number of carbonyl (C=O) groups is 1. The molecule has 0 radical (unpaired) electrons. The van der Waals surface area contributed by atoms with E-state index in [1.807, 2.05) is 96.7 Å². The zero-order valence-corrected chi connectivity index (χ0v) is 17.7. The molecule has 1 heterocycles. The van der Waals surface area contributed by atoms with Crippen molar-refractivity contribution >= 4 is 5.97 Å². The summed E-state index contributed by atoms with van der Waals surface area (Å²) in [4.78, 5) is 15.7. The van der Waals surface area contributed by atoms with Crippen LogP contribution in [0.15, 0.2) is 91.3 Å². The SMILES string of the molecule is Cn1ccnc1C(CC(=O)O)c1ccc(OCc2ccc(Oc3ccccc3)cc2)cc1. The highest BCUT2D eigenvalue weighted by Crippen LogP contribution is 2.28. The van der Waals surface area contributed by atoms with Gasteiger partial charge in [0.25, 0.3) is 0 Å². The third-order valence-corrected chi connectivity index (χ3v) is 5.14. The molecule has 32 heavy (non-hydrogen) atoms. The minimum Gasteiger partial charge on any atom is -0.489 e. The van der Waals surface area contributed by atoms with Crippen LogP contribution in [0.1, 0.15) is 29.3 Å². The second-order valence-corrected chi connectivity index (χ2v) is 7.46. The van der Waals surface area contributed by atoms with Crippen LogP contribution in [0.25, 0.3) is 0 Å². The van der Waals surface area contributed by atoms with Gasteiger partial charge in [0.05, 0.1) is 12.3 Å². The van der Waals surface area contributed by atoms with Crippen molar-refractivity contribution in [1.29, 1.82) is 0 Å². The van der Waals surface area contributed by atoms with Crippen molar-refractivity contribution in [2.24, 2.45) is 7.05 Å². The van der Waals surface area contributed by atoms with E-state index in [2.05, 4.69) is 4.98 Å². The molecule has 6 nitrogen and oxygen atoms in total. The molecule has 0 aliphatic heterocycles. The maximum Gasteiger partial charge on any atom is 0.304 e. The predicted molar refractivity (Wildman–Crippen MR) is 121 cm³/mol. The highest BCUT2D eigenvalue weighted by molar-refractivity contribution is 5.68. The van der Waals surface area contributed by atoms with Gasteiger partial charge in [0, 0.05) is 19.4 Å². The summed E-state index contributed by atoms with van der Waals surface area (Å²) in [5, 5.41) is 9.33. The van der Waals surface area contributed by atoms with Crippen LogP contribution in [0.2, 0.25) is 0 Å². The minimum atomic E-state index is -0.863. The monoisotopic (exact) mass is 428 g/mol. The number of ether oxygens (including phenoxy) is 2. The Labute approximate surface area is 186 Å². The fourth-order valence-electron chi connectivity index (χ4n) is 3.49. The minimum absolute atomic E-state index is 0.0253. The molecular weight excluding hydrogens is 404 g/mol. The molecule has 0 saturated heterocycles. The van der Waals surface area contributed by atoms with Gasteiger partial charge in [-0.15, -0.1) is 0 Å². The number of aliphatic carboxylic acids is 1. The molecule has 0 bridgehead atoms. The quantitative estimate of drug-likeness (QED) is 0.386. The third-order valence-electron chi connectivity index (χ3n) is 5.14. The Kier molecular flexibility index (Phi) is 6.51. The van der Waals surface area contributed by atoms with Gasteiger partial charge < -0.3 is 19.1 Å². The van der Waals surface area contributed by atoms with Gasteiger partial charge in [-0.05, 0) is 47.5 Å². The zero-order valence-electron chi connectivity index (χ0n) is 17.7. The second kappa shape index (κ2) is 9.83. The number of imidazole rings is 1. The number of rotatable bonds is 9. The molecule has 162 valence electrons. The summed E-state index contributed by atoms with van der Waals surface area (Å²) in [6, 6.07) is 24.9. The normalized spacial score (nSPS) is 11.7. The van der Waals surface area contributed by atoms with Crippen LogP contribution in [-0.4, -0.2) is 20.6 Å². The average Bonchev–Trinajstić information content (AvgIpc) is 3.23. The van der Waals surface area contributed by atoms with E-state index >= 15 is 0 Å². The summed E-state index contributed by atoms with van der Waals surface area (Å²) < 4.78 is 13.6. The van der Waals surface area contributed by atoms with Gasteiger partial charge in [0.15, 0.2) is 0 Å². The van der Waals surface area contributed by atoms with E-state index in [0.29, 0.717) is 12.4 Å². The predicted octanol–water partition coefficient (Wildman–Crippen LogP) is 5.40. The first kappa shape index (κ1) is 21.2. The van der Waals surface area contributed by atoms with E-state index in [-0.39, 0.29) is 12.3 Å². The lowest BCUT2D eigenvalue weighted by molar-refractivity contribution is -0.137. The van der Waals surface area contributed by atoms with E-state index in [1.165, 1.54) is 0 Å². The Hall–Kier alpha value is -4.06. The summed E-state index contributed by atoms with van der Waals surface area (Å²) in [5.74, 6) is 1.81. The molecule has 0 spiro atoms. The smallest absolute Gasteiger partial charge is 0.304 e. The molecule has 0 amide bonds. The first-order chi connectivity index (χ1) is 15.6. The van der Waals surface area contributed by atoms with E-state index in [4.69, 9.17) is 9.47 Å². The number of nitrogens with zero attached hydrogens (tertiary/aromatic N) is 2. The molecule has 1 aromatic heterocycles. The van der Waals surface area contributed by atoms with E-state index < -0.39 is 5.97 Å². The van der Waals surface area contributed by atoms with Crippen LogP contribution in [0.3, 0.4) is 0 Å². The van der Waals surface area contributed by atoms with Crippen molar-refractivity contribution in [2.45, 2.75) is 18.9 Å². The molecule has 0 aliphatic carbocycles.